The Morgan fingerprint density at radius 1 is 1.25 bits per heavy atom. The second kappa shape index (κ2) is 7.15. The highest BCUT2D eigenvalue weighted by atomic mass is 35.5. The van der Waals surface area contributed by atoms with Gasteiger partial charge in [0.25, 0.3) is 5.91 Å². The van der Waals surface area contributed by atoms with E-state index in [9.17, 15) is 9.18 Å². The van der Waals surface area contributed by atoms with E-state index >= 15 is 0 Å². The SMILES string of the molecule is CCN(Cc1ccc(Cl)s1)C(=O)c1ccn(-c2ccc(F)cc2)n1. The van der Waals surface area contributed by atoms with Gasteiger partial charge in [-0.1, -0.05) is 11.6 Å². The molecule has 3 rings (SSSR count). The van der Waals surface area contributed by atoms with Gasteiger partial charge in [-0.3, -0.25) is 4.79 Å². The molecule has 3 aromatic rings. The standard InChI is InChI=1S/C17H15ClFN3OS/c1-2-21(11-14-7-8-16(18)24-14)17(23)15-9-10-22(20-15)13-5-3-12(19)4-6-13/h3-10H,2,11H2,1H3. The summed E-state index contributed by atoms with van der Waals surface area (Å²) in [5, 5.41) is 4.31. The smallest absolute Gasteiger partial charge is 0.274 e. The average Bonchev–Trinajstić information content (AvgIpc) is 3.22. The van der Waals surface area contributed by atoms with Crippen LogP contribution in [0.1, 0.15) is 22.3 Å². The summed E-state index contributed by atoms with van der Waals surface area (Å²) in [6, 6.07) is 11.3. The third kappa shape index (κ3) is 3.66. The van der Waals surface area contributed by atoms with Gasteiger partial charge in [-0.15, -0.1) is 11.3 Å². The number of hydrogen-bond acceptors (Lipinski definition) is 3. The molecule has 2 aromatic heterocycles. The first-order chi connectivity index (χ1) is 11.6. The Hall–Kier alpha value is -2.18. The molecule has 2 heterocycles. The Bertz CT molecular complexity index is 844. The zero-order valence-electron chi connectivity index (χ0n) is 12.9. The van der Waals surface area contributed by atoms with Crippen molar-refractivity contribution in [1.29, 1.82) is 0 Å². The van der Waals surface area contributed by atoms with Gasteiger partial charge in [0.1, 0.15) is 5.82 Å². The molecule has 0 radical (unpaired) electrons. The molecule has 1 aromatic carbocycles. The number of aromatic nitrogens is 2. The summed E-state index contributed by atoms with van der Waals surface area (Å²) in [6.45, 7) is 2.98. The Morgan fingerprint density at radius 3 is 2.62 bits per heavy atom. The molecular weight excluding hydrogens is 349 g/mol. The molecule has 0 aliphatic carbocycles. The molecule has 24 heavy (non-hydrogen) atoms. The molecule has 0 spiro atoms. The van der Waals surface area contributed by atoms with Crippen LogP contribution < -0.4 is 0 Å². The maximum Gasteiger partial charge on any atom is 0.274 e. The fraction of sp³-hybridized carbons (Fsp3) is 0.176. The summed E-state index contributed by atoms with van der Waals surface area (Å²) < 4.78 is 15.3. The van der Waals surface area contributed by atoms with Crippen LogP contribution in [0.3, 0.4) is 0 Å². The van der Waals surface area contributed by atoms with Crippen LogP contribution in [-0.4, -0.2) is 27.1 Å². The van der Waals surface area contributed by atoms with Gasteiger partial charge in [0.05, 0.1) is 16.6 Å². The van der Waals surface area contributed by atoms with E-state index in [1.807, 2.05) is 19.1 Å². The Kier molecular flexibility index (Phi) is 4.97. The van der Waals surface area contributed by atoms with E-state index in [-0.39, 0.29) is 11.7 Å². The molecule has 0 N–H and O–H groups in total. The van der Waals surface area contributed by atoms with Crippen molar-refractivity contribution < 1.29 is 9.18 Å². The molecule has 0 bridgehead atoms. The van der Waals surface area contributed by atoms with Crippen molar-refractivity contribution in [2.45, 2.75) is 13.5 Å². The number of hydrogen-bond donors (Lipinski definition) is 0. The number of carbonyl (C=O) groups excluding carboxylic acids is 1. The van der Waals surface area contributed by atoms with Crippen LogP contribution in [0.25, 0.3) is 5.69 Å². The Morgan fingerprint density at radius 2 is 2.00 bits per heavy atom. The van der Waals surface area contributed by atoms with E-state index in [4.69, 9.17) is 11.6 Å². The summed E-state index contributed by atoms with van der Waals surface area (Å²) >= 11 is 7.40. The first kappa shape index (κ1) is 16.7. The normalized spacial score (nSPS) is 10.8. The first-order valence-corrected chi connectivity index (χ1v) is 8.61. The van der Waals surface area contributed by atoms with E-state index in [1.54, 1.807) is 34.0 Å². The monoisotopic (exact) mass is 363 g/mol. The zero-order valence-corrected chi connectivity index (χ0v) is 14.5. The molecular formula is C17H15ClFN3OS. The van der Waals surface area contributed by atoms with Crippen molar-refractivity contribution in [2.75, 3.05) is 6.54 Å². The number of thiophene rings is 1. The molecule has 0 unspecified atom stereocenters. The molecule has 124 valence electrons. The van der Waals surface area contributed by atoms with Crippen LogP contribution in [0.2, 0.25) is 4.34 Å². The first-order valence-electron chi connectivity index (χ1n) is 7.42. The summed E-state index contributed by atoms with van der Waals surface area (Å²) in [5.41, 5.74) is 1.05. The highest BCUT2D eigenvalue weighted by molar-refractivity contribution is 7.16. The quantitative estimate of drug-likeness (QED) is 0.674. The van der Waals surface area contributed by atoms with Crippen LogP contribution in [-0.2, 0) is 6.54 Å². The van der Waals surface area contributed by atoms with E-state index in [0.29, 0.717) is 28.8 Å². The maximum absolute atomic E-state index is 13.0. The third-order valence-corrected chi connectivity index (χ3v) is 4.76. The van der Waals surface area contributed by atoms with Gasteiger partial charge in [0.2, 0.25) is 0 Å². The van der Waals surface area contributed by atoms with Gasteiger partial charge in [-0.25, -0.2) is 9.07 Å². The topological polar surface area (TPSA) is 38.1 Å². The predicted octanol–water partition coefficient (Wildman–Crippen LogP) is 4.39. The fourth-order valence-electron chi connectivity index (χ4n) is 2.29. The minimum atomic E-state index is -0.311. The summed E-state index contributed by atoms with van der Waals surface area (Å²) in [4.78, 5) is 15.4. The molecule has 0 aliphatic heterocycles. The van der Waals surface area contributed by atoms with Gasteiger partial charge in [0.15, 0.2) is 5.69 Å². The van der Waals surface area contributed by atoms with Crippen molar-refractivity contribution in [2.24, 2.45) is 0 Å². The Balaban J connectivity index is 1.77. The van der Waals surface area contributed by atoms with Crippen LogP contribution in [0.5, 0.6) is 0 Å². The van der Waals surface area contributed by atoms with Crippen molar-refractivity contribution >= 4 is 28.8 Å². The molecule has 0 saturated carbocycles. The highest BCUT2D eigenvalue weighted by Crippen LogP contribution is 2.23. The molecule has 7 heteroatoms. The van der Waals surface area contributed by atoms with Gasteiger partial charge < -0.3 is 4.90 Å². The van der Waals surface area contributed by atoms with Crippen LogP contribution >= 0.6 is 22.9 Å². The number of carbonyl (C=O) groups is 1. The van der Waals surface area contributed by atoms with Crippen LogP contribution in [0.15, 0.2) is 48.7 Å². The van der Waals surface area contributed by atoms with E-state index in [2.05, 4.69) is 5.10 Å². The lowest BCUT2D eigenvalue weighted by molar-refractivity contribution is 0.0748. The lowest BCUT2D eigenvalue weighted by Crippen LogP contribution is -2.30. The van der Waals surface area contributed by atoms with Gasteiger partial charge in [0, 0.05) is 17.6 Å². The van der Waals surface area contributed by atoms with Gasteiger partial charge in [-0.05, 0) is 49.4 Å². The second-order valence-electron chi connectivity index (χ2n) is 5.15. The van der Waals surface area contributed by atoms with E-state index in [1.165, 1.54) is 23.5 Å². The van der Waals surface area contributed by atoms with E-state index in [0.717, 1.165) is 4.88 Å². The molecule has 0 saturated heterocycles. The molecule has 4 nitrogen and oxygen atoms in total. The predicted molar refractivity (Wildman–Crippen MR) is 93.3 cm³/mol. The second-order valence-corrected chi connectivity index (χ2v) is 6.95. The number of nitrogens with zero attached hydrogens (tertiary/aromatic N) is 3. The Labute approximate surface area is 148 Å². The van der Waals surface area contributed by atoms with Crippen LogP contribution in [0, 0.1) is 5.82 Å². The minimum absolute atomic E-state index is 0.150. The minimum Gasteiger partial charge on any atom is -0.332 e. The van der Waals surface area contributed by atoms with Gasteiger partial charge >= 0.3 is 0 Å². The zero-order chi connectivity index (χ0) is 17.1. The summed E-state index contributed by atoms with van der Waals surface area (Å²) in [6.07, 6.45) is 1.69. The highest BCUT2D eigenvalue weighted by Gasteiger charge is 2.18. The largest absolute Gasteiger partial charge is 0.332 e. The molecule has 0 atom stereocenters. The number of halogens is 2. The van der Waals surface area contributed by atoms with Crippen molar-refractivity contribution in [3.05, 3.63) is 69.4 Å². The maximum atomic E-state index is 13.0. The fourth-order valence-corrected chi connectivity index (χ4v) is 3.39. The van der Waals surface area contributed by atoms with Crippen molar-refractivity contribution in [1.82, 2.24) is 14.7 Å². The third-order valence-electron chi connectivity index (χ3n) is 3.54. The number of rotatable bonds is 5. The van der Waals surface area contributed by atoms with Crippen molar-refractivity contribution in [3.63, 3.8) is 0 Å². The molecule has 0 aliphatic rings. The van der Waals surface area contributed by atoms with E-state index < -0.39 is 0 Å². The summed E-state index contributed by atoms with van der Waals surface area (Å²) in [7, 11) is 0. The summed E-state index contributed by atoms with van der Waals surface area (Å²) in [5.74, 6) is -0.461. The average molecular weight is 364 g/mol. The van der Waals surface area contributed by atoms with Crippen molar-refractivity contribution in [3.8, 4) is 5.69 Å². The van der Waals surface area contributed by atoms with Gasteiger partial charge in [-0.2, -0.15) is 5.10 Å². The number of benzene rings is 1. The molecule has 1 amide bonds. The van der Waals surface area contributed by atoms with Crippen LogP contribution in [0.4, 0.5) is 4.39 Å². The lowest BCUT2D eigenvalue weighted by Gasteiger charge is -2.18. The number of amides is 1. The lowest BCUT2D eigenvalue weighted by atomic mass is 10.3. The molecule has 0 fully saturated rings.